The van der Waals surface area contributed by atoms with Crippen LogP contribution in [0, 0.1) is 5.92 Å². The van der Waals surface area contributed by atoms with Crippen LogP contribution in [-0.2, 0) is 4.79 Å². The predicted molar refractivity (Wildman–Crippen MR) is 56.9 cm³/mol. The van der Waals surface area contributed by atoms with Crippen molar-refractivity contribution < 1.29 is 9.90 Å². The van der Waals surface area contributed by atoms with Crippen LogP contribution in [0.2, 0.25) is 0 Å². The number of carbonyl (C=O) groups excluding carboxylic acids is 1. The Morgan fingerprint density at radius 2 is 2.15 bits per heavy atom. The number of amides is 1. The van der Waals surface area contributed by atoms with Crippen molar-refractivity contribution in [2.75, 3.05) is 24.7 Å². The maximum absolute atomic E-state index is 11.1. The van der Waals surface area contributed by atoms with Crippen molar-refractivity contribution in [3.8, 4) is 0 Å². The largest absolute Gasteiger partial charge is 0.396 e. The van der Waals surface area contributed by atoms with Crippen LogP contribution in [-0.4, -0.2) is 35.7 Å². The SMILES string of the molecule is CC(C)C(=O)NCCSCCCO. The van der Waals surface area contributed by atoms with Gasteiger partial charge in [-0.05, 0) is 12.2 Å². The van der Waals surface area contributed by atoms with Gasteiger partial charge in [-0.15, -0.1) is 0 Å². The highest BCUT2D eigenvalue weighted by Gasteiger charge is 2.04. The van der Waals surface area contributed by atoms with Crippen molar-refractivity contribution in [3.63, 3.8) is 0 Å². The summed E-state index contributed by atoms with van der Waals surface area (Å²) in [5.74, 6) is 2.08. The van der Waals surface area contributed by atoms with Crippen LogP contribution >= 0.6 is 11.8 Å². The third kappa shape index (κ3) is 8.12. The van der Waals surface area contributed by atoms with Crippen LogP contribution in [0.3, 0.4) is 0 Å². The third-order valence-corrected chi connectivity index (χ3v) is 2.59. The summed E-state index contributed by atoms with van der Waals surface area (Å²) in [7, 11) is 0. The van der Waals surface area contributed by atoms with Gasteiger partial charge in [0.1, 0.15) is 0 Å². The van der Waals surface area contributed by atoms with E-state index in [-0.39, 0.29) is 18.4 Å². The Morgan fingerprint density at radius 1 is 1.46 bits per heavy atom. The summed E-state index contributed by atoms with van der Waals surface area (Å²) in [6.45, 7) is 4.75. The molecule has 4 heteroatoms. The Balaban J connectivity index is 3.12. The van der Waals surface area contributed by atoms with Crippen molar-refractivity contribution in [2.24, 2.45) is 5.92 Å². The summed E-state index contributed by atoms with van der Waals surface area (Å²) < 4.78 is 0. The van der Waals surface area contributed by atoms with Crippen LogP contribution < -0.4 is 5.32 Å². The summed E-state index contributed by atoms with van der Waals surface area (Å²) >= 11 is 1.76. The average Bonchev–Trinajstić information content (AvgIpc) is 2.10. The highest BCUT2D eigenvalue weighted by atomic mass is 32.2. The lowest BCUT2D eigenvalue weighted by atomic mass is 10.2. The van der Waals surface area contributed by atoms with Gasteiger partial charge >= 0.3 is 0 Å². The van der Waals surface area contributed by atoms with E-state index >= 15 is 0 Å². The van der Waals surface area contributed by atoms with Gasteiger partial charge in [0, 0.05) is 24.8 Å². The fourth-order valence-electron chi connectivity index (χ4n) is 0.719. The van der Waals surface area contributed by atoms with Crippen molar-refractivity contribution in [1.82, 2.24) is 5.32 Å². The first-order valence-electron chi connectivity index (χ1n) is 4.64. The van der Waals surface area contributed by atoms with Gasteiger partial charge in [-0.1, -0.05) is 13.8 Å². The van der Waals surface area contributed by atoms with E-state index in [4.69, 9.17) is 5.11 Å². The number of aliphatic hydroxyl groups is 1. The molecule has 0 radical (unpaired) electrons. The van der Waals surface area contributed by atoms with Crippen LogP contribution in [0.1, 0.15) is 20.3 Å². The Kier molecular flexibility index (Phi) is 8.24. The van der Waals surface area contributed by atoms with Gasteiger partial charge in [-0.2, -0.15) is 11.8 Å². The Bertz CT molecular complexity index is 140. The number of nitrogens with one attached hydrogen (secondary N) is 1. The molecule has 0 aromatic heterocycles. The average molecular weight is 205 g/mol. The van der Waals surface area contributed by atoms with E-state index < -0.39 is 0 Å². The quantitative estimate of drug-likeness (QED) is 0.606. The maximum Gasteiger partial charge on any atom is 0.222 e. The second-order valence-electron chi connectivity index (χ2n) is 3.14. The summed E-state index contributed by atoms with van der Waals surface area (Å²) in [4.78, 5) is 11.1. The molecule has 0 aliphatic heterocycles. The Labute approximate surface area is 84.3 Å². The van der Waals surface area contributed by atoms with E-state index in [9.17, 15) is 4.79 Å². The van der Waals surface area contributed by atoms with Gasteiger partial charge in [0.15, 0.2) is 0 Å². The van der Waals surface area contributed by atoms with Crippen molar-refractivity contribution in [1.29, 1.82) is 0 Å². The zero-order chi connectivity index (χ0) is 10.1. The normalized spacial score (nSPS) is 10.5. The first kappa shape index (κ1) is 12.8. The zero-order valence-electron chi connectivity index (χ0n) is 8.38. The first-order chi connectivity index (χ1) is 6.18. The predicted octanol–water partition coefficient (Wildman–Crippen LogP) is 0.874. The molecule has 0 saturated carbocycles. The molecule has 2 N–H and O–H groups in total. The van der Waals surface area contributed by atoms with Gasteiger partial charge in [0.25, 0.3) is 0 Å². The fraction of sp³-hybridized carbons (Fsp3) is 0.889. The molecule has 0 aromatic carbocycles. The second-order valence-corrected chi connectivity index (χ2v) is 4.36. The standard InChI is InChI=1S/C9H19NO2S/c1-8(2)9(12)10-4-7-13-6-3-5-11/h8,11H,3-7H2,1-2H3,(H,10,12). The maximum atomic E-state index is 11.1. The summed E-state index contributed by atoms with van der Waals surface area (Å²) in [6, 6.07) is 0. The smallest absolute Gasteiger partial charge is 0.222 e. The number of rotatable bonds is 7. The number of hydrogen-bond acceptors (Lipinski definition) is 3. The van der Waals surface area contributed by atoms with E-state index in [0.717, 1.165) is 24.5 Å². The number of carbonyl (C=O) groups is 1. The van der Waals surface area contributed by atoms with E-state index in [1.54, 1.807) is 11.8 Å². The summed E-state index contributed by atoms with van der Waals surface area (Å²) in [5.41, 5.74) is 0. The number of thioether (sulfide) groups is 1. The highest BCUT2D eigenvalue weighted by molar-refractivity contribution is 7.99. The Hall–Kier alpha value is -0.220. The molecule has 0 bridgehead atoms. The number of hydrogen-bond donors (Lipinski definition) is 2. The van der Waals surface area contributed by atoms with Crippen LogP contribution in [0.15, 0.2) is 0 Å². The van der Waals surface area contributed by atoms with E-state index in [1.165, 1.54) is 0 Å². The molecule has 3 nitrogen and oxygen atoms in total. The monoisotopic (exact) mass is 205 g/mol. The molecule has 0 aliphatic carbocycles. The van der Waals surface area contributed by atoms with Crippen molar-refractivity contribution in [2.45, 2.75) is 20.3 Å². The van der Waals surface area contributed by atoms with Gasteiger partial charge < -0.3 is 10.4 Å². The van der Waals surface area contributed by atoms with Crippen LogP contribution in [0.5, 0.6) is 0 Å². The molecule has 1 amide bonds. The minimum absolute atomic E-state index is 0.0717. The van der Waals surface area contributed by atoms with Crippen molar-refractivity contribution in [3.05, 3.63) is 0 Å². The second kappa shape index (κ2) is 8.38. The molecule has 0 fully saturated rings. The molecule has 0 aromatic rings. The van der Waals surface area contributed by atoms with Crippen LogP contribution in [0.4, 0.5) is 0 Å². The molecule has 0 unspecified atom stereocenters. The van der Waals surface area contributed by atoms with E-state index in [1.807, 2.05) is 13.8 Å². The molecular weight excluding hydrogens is 186 g/mol. The fourth-order valence-corrected chi connectivity index (χ4v) is 1.50. The minimum Gasteiger partial charge on any atom is -0.396 e. The topological polar surface area (TPSA) is 49.3 Å². The summed E-state index contributed by atoms with van der Waals surface area (Å²) in [5, 5.41) is 11.3. The Morgan fingerprint density at radius 3 is 2.69 bits per heavy atom. The lowest BCUT2D eigenvalue weighted by Crippen LogP contribution is -2.29. The third-order valence-electron chi connectivity index (χ3n) is 1.52. The van der Waals surface area contributed by atoms with Crippen LogP contribution in [0.25, 0.3) is 0 Å². The lowest BCUT2D eigenvalue weighted by Gasteiger charge is -2.06. The highest BCUT2D eigenvalue weighted by Crippen LogP contribution is 2.00. The minimum atomic E-state index is 0.0717. The molecule has 13 heavy (non-hydrogen) atoms. The van der Waals surface area contributed by atoms with Gasteiger partial charge in [0.2, 0.25) is 5.91 Å². The van der Waals surface area contributed by atoms with Gasteiger partial charge in [0.05, 0.1) is 0 Å². The van der Waals surface area contributed by atoms with E-state index in [2.05, 4.69) is 5.32 Å². The van der Waals surface area contributed by atoms with Gasteiger partial charge in [-0.3, -0.25) is 4.79 Å². The molecular formula is C9H19NO2S. The molecule has 0 aliphatic rings. The molecule has 0 rings (SSSR count). The molecule has 78 valence electrons. The molecule has 0 heterocycles. The molecule has 0 atom stereocenters. The van der Waals surface area contributed by atoms with Crippen molar-refractivity contribution >= 4 is 17.7 Å². The number of aliphatic hydroxyl groups excluding tert-OH is 1. The molecule has 0 spiro atoms. The first-order valence-corrected chi connectivity index (χ1v) is 5.80. The zero-order valence-corrected chi connectivity index (χ0v) is 9.19. The van der Waals surface area contributed by atoms with Gasteiger partial charge in [-0.25, -0.2) is 0 Å². The summed E-state index contributed by atoms with van der Waals surface area (Å²) in [6.07, 6.45) is 0.836. The van der Waals surface area contributed by atoms with E-state index in [0.29, 0.717) is 0 Å². The molecule has 0 saturated heterocycles. The lowest BCUT2D eigenvalue weighted by molar-refractivity contribution is -0.123.